The quantitative estimate of drug-likeness (QED) is 0.262. The molecule has 1 N–H and O–H groups in total. The molecule has 1 aliphatic rings. The molecule has 1 saturated carbocycles. The number of likely N-dealkylation sites (N-methyl/N-ethyl adjacent to an activating group) is 1. The molecule has 1 fully saturated rings. The molecule has 1 aliphatic carbocycles. The lowest BCUT2D eigenvalue weighted by Gasteiger charge is -2.16. The molecule has 0 aromatic carbocycles. The fraction of sp³-hybridized carbons (Fsp3) is 0.370. The highest BCUT2D eigenvalue weighted by Crippen LogP contribution is 2.25. The van der Waals surface area contributed by atoms with Crippen molar-refractivity contribution in [1.29, 1.82) is 0 Å². The molecule has 13 heteroatoms. The zero-order valence-corrected chi connectivity index (χ0v) is 22.8. The zero-order valence-electron chi connectivity index (χ0n) is 22.8. The SMILES string of the molecule is CNc1cn2nc(Cc3nnc4ccc(-c5cnn(CC(=O)N(C)CCOC)c5)cn34)ccc2n1.O=CC1CC1. The van der Waals surface area contributed by atoms with Gasteiger partial charge in [0, 0.05) is 57.2 Å². The van der Waals surface area contributed by atoms with Gasteiger partial charge < -0.3 is 19.7 Å². The number of pyridine rings is 1. The van der Waals surface area contributed by atoms with E-state index in [0.717, 1.165) is 58.9 Å². The molecule has 6 rings (SSSR count). The van der Waals surface area contributed by atoms with Crippen LogP contribution >= 0.6 is 0 Å². The van der Waals surface area contributed by atoms with Crippen molar-refractivity contribution in [1.82, 2.24) is 43.9 Å². The van der Waals surface area contributed by atoms with Gasteiger partial charge in [-0.3, -0.25) is 13.9 Å². The Labute approximate surface area is 230 Å². The number of fused-ring (bicyclic) bond motifs is 2. The third-order valence-corrected chi connectivity index (χ3v) is 6.58. The number of hydrogen-bond donors (Lipinski definition) is 1. The average Bonchev–Trinajstić information content (AvgIpc) is 3.35. The van der Waals surface area contributed by atoms with Crippen LogP contribution in [0.3, 0.4) is 0 Å². The van der Waals surface area contributed by atoms with E-state index >= 15 is 0 Å². The van der Waals surface area contributed by atoms with Gasteiger partial charge in [0.1, 0.15) is 24.5 Å². The van der Waals surface area contributed by atoms with Crippen molar-refractivity contribution in [2.24, 2.45) is 5.92 Å². The van der Waals surface area contributed by atoms with Gasteiger partial charge in [0.25, 0.3) is 0 Å². The maximum Gasteiger partial charge on any atom is 0.244 e. The number of aromatic nitrogens is 8. The first kappa shape index (κ1) is 26.9. The van der Waals surface area contributed by atoms with Gasteiger partial charge in [-0.2, -0.15) is 10.2 Å². The van der Waals surface area contributed by atoms with Crippen LogP contribution in [0.2, 0.25) is 0 Å². The van der Waals surface area contributed by atoms with Crippen LogP contribution in [-0.2, 0) is 27.3 Å². The minimum atomic E-state index is -0.0301. The number of methoxy groups -OCH3 is 1. The number of rotatable bonds is 10. The predicted octanol–water partition coefficient (Wildman–Crippen LogP) is 1.97. The lowest BCUT2D eigenvalue weighted by Crippen LogP contribution is -2.32. The van der Waals surface area contributed by atoms with E-state index in [0.29, 0.717) is 25.5 Å². The second-order valence-electron chi connectivity index (χ2n) is 9.65. The van der Waals surface area contributed by atoms with Gasteiger partial charge >= 0.3 is 0 Å². The Bertz CT molecular complexity index is 1620. The van der Waals surface area contributed by atoms with E-state index in [-0.39, 0.29) is 12.5 Å². The summed E-state index contributed by atoms with van der Waals surface area (Å²) in [6.07, 6.45) is 11.3. The zero-order chi connectivity index (χ0) is 28.1. The summed E-state index contributed by atoms with van der Waals surface area (Å²) in [6.45, 7) is 1.20. The molecule has 0 atom stereocenters. The van der Waals surface area contributed by atoms with E-state index in [2.05, 4.69) is 30.7 Å². The molecule has 0 unspecified atom stereocenters. The Morgan fingerprint density at radius 1 is 1.12 bits per heavy atom. The summed E-state index contributed by atoms with van der Waals surface area (Å²) >= 11 is 0. The number of anilines is 1. The van der Waals surface area contributed by atoms with Gasteiger partial charge in [-0.25, -0.2) is 9.50 Å². The molecular formula is C27H32N10O3. The Morgan fingerprint density at radius 2 is 1.95 bits per heavy atom. The Balaban J connectivity index is 0.000000582. The van der Waals surface area contributed by atoms with E-state index in [1.807, 2.05) is 54.3 Å². The van der Waals surface area contributed by atoms with Crippen molar-refractivity contribution >= 4 is 29.3 Å². The number of nitrogens with one attached hydrogen (secondary N) is 1. The maximum atomic E-state index is 12.4. The third-order valence-electron chi connectivity index (χ3n) is 6.58. The monoisotopic (exact) mass is 544 g/mol. The minimum Gasteiger partial charge on any atom is -0.383 e. The first-order valence-electron chi connectivity index (χ1n) is 13.0. The van der Waals surface area contributed by atoms with Crippen molar-refractivity contribution in [3.05, 3.63) is 60.6 Å². The first-order valence-corrected chi connectivity index (χ1v) is 13.0. The van der Waals surface area contributed by atoms with Crippen LogP contribution in [0.15, 0.2) is 49.1 Å². The van der Waals surface area contributed by atoms with Crippen molar-refractivity contribution < 1.29 is 14.3 Å². The van der Waals surface area contributed by atoms with Gasteiger partial charge in [0.2, 0.25) is 5.91 Å². The second kappa shape index (κ2) is 12.0. The molecular weight excluding hydrogens is 512 g/mol. The fourth-order valence-electron chi connectivity index (χ4n) is 3.97. The molecule has 5 aromatic heterocycles. The fourth-order valence-corrected chi connectivity index (χ4v) is 3.97. The molecule has 40 heavy (non-hydrogen) atoms. The first-order chi connectivity index (χ1) is 19.5. The maximum absolute atomic E-state index is 12.4. The molecule has 5 aromatic rings. The molecule has 0 saturated heterocycles. The molecule has 1 amide bonds. The summed E-state index contributed by atoms with van der Waals surface area (Å²) in [7, 11) is 5.20. The van der Waals surface area contributed by atoms with Crippen molar-refractivity contribution in [2.45, 2.75) is 25.8 Å². The Kier molecular flexibility index (Phi) is 8.10. The van der Waals surface area contributed by atoms with Gasteiger partial charge in [0.05, 0.1) is 31.1 Å². The smallest absolute Gasteiger partial charge is 0.244 e. The van der Waals surface area contributed by atoms with Gasteiger partial charge in [0.15, 0.2) is 11.3 Å². The van der Waals surface area contributed by atoms with Crippen LogP contribution in [0.1, 0.15) is 24.4 Å². The number of carbonyl (C=O) groups excluding carboxylic acids is 2. The highest BCUT2D eigenvalue weighted by atomic mass is 16.5. The number of carbonyl (C=O) groups is 2. The largest absolute Gasteiger partial charge is 0.383 e. The van der Waals surface area contributed by atoms with Crippen LogP contribution in [0.4, 0.5) is 5.82 Å². The highest BCUT2D eigenvalue weighted by molar-refractivity contribution is 5.75. The van der Waals surface area contributed by atoms with Crippen LogP contribution in [0.25, 0.3) is 22.4 Å². The molecule has 208 valence electrons. The second-order valence-corrected chi connectivity index (χ2v) is 9.65. The lowest BCUT2D eigenvalue weighted by atomic mass is 10.1. The van der Waals surface area contributed by atoms with E-state index in [9.17, 15) is 9.59 Å². The van der Waals surface area contributed by atoms with Crippen molar-refractivity contribution in [3.8, 4) is 11.1 Å². The van der Waals surface area contributed by atoms with Gasteiger partial charge in [-0.05, 0) is 37.1 Å². The molecule has 0 aliphatic heterocycles. The number of ether oxygens (including phenoxy) is 1. The molecule has 0 radical (unpaired) electrons. The summed E-state index contributed by atoms with van der Waals surface area (Å²) in [6, 6.07) is 7.76. The summed E-state index contributed by atoms with van der Waals surface area (Å²) in [4.78, 5) is 28.0. The average molecular weight is 545 g/mol. The van der Waals surface area contributed by atoms with Crippen LogP contribution < -0.4 is 5.32 Å². The molecule has 0 spiro atoms. The summed E-state index contributed by atoms with van der Waals surface area (Å²) in [5.74, 6) is 1.95. The number of hydrogen-bond acceptors (Lipinski definition) is 9. The Morgan fingerprint density at radius 3 is 2.67 bits per heavy atom. The Hall–Kier alpha value is -4.65. The minimum absolute atomic E-state index is 0.0301. The van der Waals surface area contributed by atoms with Gasteiger partial charge in [-0.15, -0.1) is 10.2 Å². The summed E-state index contributed by atoms with van der Waals surface area (Å²) < 4.78 is 10.4. The number of amides is 1. The van der Waals surface area contributed by atoms with Crippen molar-refractivity contribution in [2.75, 3.05) is 39.7 Å². The van der Waals surface area contributed by atoms with Crippen LogP contribution in [-0.4, -0.2) is 90.4 Å². The number of aldehydes is 1. The number of imidazole rings is 1. The van der Waals surface area contributed by atoms with Gasteiger partial charge in [-0.1, -0.05) is 0 Å². The molecule has 13 nitrogen and oxygen atoms in total. The van der Waals surface area contributed by atoms with E-state index in [1.54, 1.807) is 34.5 Å². The normalized spacial score (nSPS) is 12.8. The van der Waals surface area contributed by atoms with Crippen LogP contribution in [0.5, 0.6) is 0 Å². The lowest BCUT2D eigenvalue weighted by molar-refractivity contribution is -0.131. The molecule has 0 bridgehead atoms. The predicted molar refractivity (Wildman–Crippen MR) is 148 cm³/mol. The topological polar surface area (TPSA) is 137 Å². The summed E-state index contributed by atoms with van der Waals surface area (Å²) in [5, 5.41) is 20.7. The van der Waals surface area contributed by atoms with E-state index in [4.69, 9.17) is 4.74 Å². The highest BCUT2D eigenvalue weighted by Gasteiger charge is 2.19. The van der Waals surface area contributed by atoms with E-state index < -0.39 is 0 Å². The number of nitrogens with zero attached hydrogens (tertiary/aromatic N) is 9. The standard InChI is InChI=1S/C23H26N10O2.C4H6O/c1-24-19-14-33-20(26-19)7-5-18(29-33)10-22-28-27-21-6-4-16(13-32(21)22)17-11-25-31(12-17)15-23(34)30(2)8-9-35-3;5-3-4-1-2-4/h4-7,11-14,24H,8-10,15H2,1-3H3;3-4H,1-2H2. The molecule has 5 heterocycles. The van der Waals surface area contributed by atoms with Crippen LogP contribution in [0, 0.1) is 5.92 Å². The third kappa shape index (κ3) is 6.31. The summed E-state index contributed by atoms with van der Waals surface area (Å²) in [5.41, 5.74) is 4.21. The van der Waals surface area contributed by atoms with E-state index in [1.165, 1.54) is 0 Å². The van der Waals surface area contributed by atoms with Crippen molar-refractivity contribution in [3.63, 3.8) is 0 Å².